The van der Waals surface area contributed by atoms with Crippen LogP contribution in [0.5, 0.6) is 6.01 Å². The Bertz CT molecular complexity index is 2180. The zero-order chi connectivity index (χ0) is 47.2. The molecule has 0 saturated carbocycles. The highest BCUT2D eigenvalue weighted by atomic mass is 32.2. The molecule has 63 heavy (non-hydrogen) atoms. The number of likely N-dealkylation sites (N-methyl/N-ethyl adjacent to an activating group) is 1. The number of carbonyl (C=O) groups excluding carboxylic acids is 2. The second kappa shape index (κ2) is 20.7. The van der Waals surface area contributed by atoms with E-state index >= 15 is 8.78 Å². The van der Waals surface area contributed by atoms with Crippen molar-refractivity contribution in [3.63, 3.8) is 0 Å². The molecule has 0 radical (unpaired) electrons. The summed E-state index contributed by atoms with van der Waals surface area (Å²) >= 11 is 0.445. The Morgan fingerprint density at radius 2 is 1.70 bits per heavy atom. The average Bonchev–Trinajstić information content (AvgIpc) is 3.93. The lowest BCUT2D eigenvalue weighted by Gasteiger charge is -2.31. The first kappa shape index (κ1) is 50.7. The van der Waals surface area contributed by atoms with E-state index in [0.29, 0.717) is 43.4 Å². The smallest absolute Gasteiger partial charge is 0.417 e. The lowest BCUT2D eigenvalue weighted by atomic mass is 9.92. The number of anilines is 1. The van der Waals surface area contributed by atoms with Gasteiger partial charge in [-0.3, -0.25) is 10.2 Å². The van der Waals surface area contributed by atoms with Crippen LogP contribution in [0.15, 0.2) is 34.7 Å². The molecule has 19 heteroatoms. The maximum absolute atomic E-state index is 16.8. The monoisotopic (exact) mass is 909 g/mol. The van der Waals surface area contributed by atoms with Crippen LogP contribution in [0.2, 0.25) is 0 Å². The molecule has 1 N–H and O–H groups in total. The Labute approximate surface area is 369 Å². The fraction of sp³-hybridized carbons (Fsp3) is 0.568. The molecule has 3 aromatic rings. The second-order valence-corrected chi connectivity index (χ2v) is 18.0. The van der Waals surface area contributed by atoms with Crippen LogP contribution in [0.4, 0.5) is 41.7 Å². The standard InChI is InChI=1S/C35H39F5N6O5S.C7H12FN.C2H6/c1-10-46(19-13-14-45(17-19)32(48)51-34(6,7)8)29-21-15-23(35(38,39)40)25(26(37)27(21)43-30(44-29)49-9)20-11-12-24(36)28(22(20)16-41)52-18(2)42-31(47)50-33(3,4)5;8-6-4-7-2-1-3-9(7)5-6;1-2/h11-12,15,19H,2,10,13-14,17H2,1,3-9H3,(H,42,47);6-7H,1-5H2;1-2H3. The largest absolute Gasteiger partial charge is 0.467 e. The van der Waals surface area contributed by atoms with Gasteiger partial charge in [0, 0.05) is 54.8 Å². The van der Waals surface area contributed by atoms with Crippen LogP contribution >= 0.6 is 11.8 Å². The molecule has 3 aliphatic rings. The van der Waals surface area contributed by atoms with E-state index in [4.69, 9.17) is 14.2 Å². The number of hydrogen-bond acceptors (Lipinski definition) is 11. The molecule has 0 aliphatic carbocycles. The number of alkyl carbamates (subject to hydrolysis) is 1. The summed E-state index contributed by atoms with van der Waals surface area (Å²) in [6, 6.07) is 3.84. The van der Waals surface area contributed by atoms with Gasteiger partial charge in [0.1, 0.15) is 40.6 Å². The van der Waals surface area contributed by atoms with Gasteiger partial charge in [0.2, 0.25) is 0 Å². The molecule has 1 aromatic heterocycles. The summed E-state index contributed by atoms with van der Waals surface area (Å²) in [4.78, 5) is 38.3. The normalized spacial score (nSPS) is 18.7. The molecular formula is C44H57F6N7O5S. The van der Waals surface area contributed by atoms with E-state index in [1.54, 1.807) is 59.4 Å². The molecular weight excluding hydrogens is 853 g/mol. The van der Waals surface area contributed by atoms with E-state index in [0.717, 1.165) is 25.1 Å². The van der Waals surface area contributed by atoms with Gasteiger partial charge >= 0.3 is 24.4 Å². The van der Waals surface area contributed by atoms with Crippen LogP contribution in [0.25, 0.3) is 22.0 Å². The van der Waals surface area contributed by atoms with Crippen LogP contribution in [-0.4, -0.2) is 101 Å². The number of ether oxygens (including phenoxy) is 3. The van der Waals surface area contributed by atoms with Crippen molar-refractivity contribution in [3.05, 3.63) is 52.6 Å². The number of halogens is 6. The molecule has 2 amide bonds. The van der Waals surface area contributed by atoms with Crippen molar-refractivity contribution in [2.24, 2.45) is 0 Å². The summed E-state index contributed by atoms with van der Waals surface area (Å²) in [7, 11) is 1.21. The number of nitrogens with zero attached hydrogens (tertiary/aromatic N) is 6. The van der Waals surface area contributed by atoms with Crippen LogP contribution < -0.4 is 15.0 Å². The van der Waals surface area contributed by atoms with E-state index in [9.17, 15) is 32.4 Å². The zero-order valence-corrected chi connectivity index (χ0v) is 38.3. The van der Waals surface area contributed by atoms with Crippen LogP contribution in [0, 0.1) is 23.0 Å². The first-order chi connectivity index (χ1) is 29.4. The lowest BCUT2D eigenvalue weighted by Crippen LogP contribution is -2.41. The minimum absolute atomic E-state index is 0.0725. The summed E-state index contributed by atoms with van der Waals surface area (Å²) in [5.41, 5.74) is -5.96. The predicted molar refractivity (Wildman–Crippen MR) is 230 cm³/mol. The highest BCUT2D eigenvalue weighted by molar-refractivity contribution is 8.03. The Hall–Kier alpha value is -4.96. The molecule has 0 bridgehead atoms. The molecule has 3 atom stereocenters. The van der Waals surface area contributed by atoms with Crippen molar-refractivity contribution in [2.45, 2.75) is 129 Å². The molecule has 6 rings (SSSR count). The lowest BCUT2D eigenvalue weighted by molar-refractivity contribution is -0.137. The number of alkyl halides is 4. The van der Waals surface area contributed by atoms with Gasteiger partial charge in [0.05, 0.1) is 28.2 Å². The first-order valence-corrected chi connectivity index (χ1v) is 21.6. The number of hydrogen-bond donors (Lipinski definition) is 1. The highest BCUT2D eigenvalue weighted by Crippen LogP contribution is 2.46. The van der Waals surface area contributed by atoms with E-state index in [2.05, 4.69) is 26.8 Å². The third-order valence-electron chi connectivity index (χ3n) is 10.1. The summed E-state index contributed by atoms with van der Waals surface area (Å²) in [5, 5.41) is 11.9. The Morgan fingerprint density at radius 1 is 1.03 bits per heavy atom. The molecule has 2 aromatic carbocycles. The maximum atomic E-state index is 16.8. The summed E-state index contributed by atoms with van der Waals surface area (Å²) in [5.74, 6) is -2.57. The minimum atomic E-state index is -5.18. The molecule has 346 valence electrons. The Morgan fingerprint density at radius 3 is 2.27 bits per heavy atom. The van der Waals surface area contributed by atoms with Gasteiger partial charge < -0.3 is 24.0 Å². The van der Waals surface area contributed by atoms with Gasteiger partial charge in [-0.25, -0.2) is 22.8 Å². The van der Waals surface area contributed by atoms with Crippen molar-refractivity contribution in [1.82, 2.24) is 25.1 Å². The van der Waals surface area contributed by atoms with E-state index in [1.165, 1.54) is 24.9 Å². The first-order valence-electron chi connectivity index (χ1n) is 20.8. The van der Waals surface area contributed by atoms with E-state index in [1.807, 2.05) is 13.8 Å². The molecule has 3 aliphatic heterocycles. The van der Waals surface area contributed by atoms with Crippen molar-refractivity contribution in [1.29, 1.82) is 5.26 Å². The minimum Gasteiger partial charge on any atom is -0.467 e. The van der Waals surface area contributed by atoms with Gasteiger partial charge in [-0.1, -0.05) is 32.2 Å². The molecule has 3 saturated heterocycles. The fourth-order valence-corrected chi connectivity index (χ4v) is 8.43. The van der Waals surface area contributed by atoms with Crippen molar-refractivity contribution in [3.8, 4) is 23.2 Å². The van der Waals surface area contributed by atoms with Crippen LogP contribution in [0.3, 0.4) is 0 Å². The Kier molecular flexibility index (Phi) is 16.6. The average molecular weight is 910 g/mol. The van der Waals surface area contributed by atoms with Crippen molar-refractivity contribution >= 4 is 40.7 Å². The molecule has 3 unspecified atom stereocenters. The number of aromatic nitrogens is 2. The second-order valence-electron chi connectivity index (χ2n) is 16.9. The third-order valence-corrected chi connectivity index (χ3v) is 11.0. The Balaban J connectivity index is 0.000000687. The number of amides is 2. The number of thioether (sulfide) groups is 1. The number of rotatable bonds is 8. The molecule has 3 fully saturated rings. The molecule has 12 nitrogen and oxygen atoms in total. The highest BCUT2D eigenvalue weighted by Gasteiger charge is 2.40. The van der Waals surface area contributed by atoms with Crippen LogP contribution in [0.1, 0.15) is 99.1 Å². The van der Waals surface area contributed by atoms with Gasteiger partial charge in [-0.05, 0) is 98.9 Å². The fourth-order valence-electron chi connectivity index (χ4n) is 7.63. The number of methoxy groups -OCH3 is 1. The third kappa shape index (κ3) is 12.6. The van der Waals surface area contributed by atoms with Gasteiger partial charge in [-0.15, -0.1) is 0 Å². The van der Waals surface area contributed by atoms with Crippen LogP contribution in [-0.2, 0) is 15.7 Å². The summed E-state index contributed by atoms with van der Waals surface area (Å²) in [6.45, 7) is 21.9. The quantitative estimate of drug-likeness (QED) is 0.171. The maximum Gasteiger partial charge on any atom is 0.417 e. The summed E-state index contributed by atoms with van der Waals surface area (Å²) < 4.78 is 105. The molecule has 0 spiro atoms. The summed E-state index contributed by atoms with van der Waals surface area (Å²) in [6.07, 6.45) is -3.46. The zero-order valence-electron chi connectivity index (χ0n) is 37.4. The van der Waals surface area contributed by atoms with Crippen molar-refractivity contribution in [2.75, 3.05) is 44.7 Å². The van der Waals surface area contributed by atoms with Gasteiger partial charge in [0.15, 0.2) is 5.82 Å². The van der Waals surface area contributed by atoms with Crippen molar-refractivity contribution < 1.29 is 50.1 Å². The SMILES string of the molecule is C=C(NC(=O)OC(C)(C)C)Sc1c(F)ccc(-c2c(C(F)(F)F)cc3c(N(CC)C4CCN(C(=O)OC(C)(C)C)C4)nc(OC)nc3c2F)c1C#N.CC.FC1CC2CCCN2C1. The van der Waals surface area contributed by atoms with E-state index < -0.39 is 86.1 Å². The predicted octanol–water partition coefficient (Wildman–Crippen LogP) is 10.6. The number of nitriles is 1. The molecule has 4 heterocycles. The topological polar surface area (TPSA) is 133 Å². The van der Waals surface area contributed by atoms with Gasteiger partial charge in [0.25, 0.3) is 0 Å². The number of nitrogens with one attached hydrogen (secondary N) is 1. The number of likely N-dealkylation sites (tertiary alicyclic amines) is 1. The van der Waals surface area contributed by atoms with Gasteiger partial charge in [-0.2, -0.15) is 28.4 Å². The van der Waals surface area contributed by atoms with E-state index in [-0.39, 0.29) is 35.3 Å². The number of fused-ring (bicyclic) bond motifs is 2. The number of benzene rings is 2. The number of carbonyl (C=O) groups is 2.